The van der Waals surface area contributed by atoms with Gasteiger partial charge in [0.15, 0.2) is 0 Å². The van der Waals surface area contributed by atoms with E-state index in [0.29, 0.717) is 0 Å². The van der Waals surface area contributed by atoms with E-state index in [1.807, 2.05) is 0 Å². The van der Waals surface area contributed by atoms with E-state index in [-0.39, 0.29) is 19.6 Å². The molecule has 88 valence electrons. The van der Waals surface area contributed by atoms with Crippen LogP contribution in [0.5, 0.6) is 0 Å². The smallest absolute Gasteiger partial charge is 0.339 e. The number of nitrogens with one attached hydrogen (secondary N) is 1. The Morgan fingerprint density at radius 3 is 2.40 bits per heavy atom. The molecule has 0 aliphatic carbocycles. The van der Waals surface area contributed by atoms with Gasteiger partial charge in [0, 0.05) is 0 Å². The van der Waals surface area contributed by atoms with Crippen molar-refractivity contribution in [2.24, 2.45) is 0 Å². The predicted octanol–water partition coefficient (Wildman–Crippen LogP) is -1.27. The SMILES string of the molecule is O=C(O)CCOC(=O)CNCP(=O)(O)O. The van der Waals surface area contributed by atoms with Crippen molar-refractivity contribution in [3.63, 3.8) is 0 Å². The summed E-state index contributed by atoms with van der Waals surface area (Å²) >= 11 is 0. The molecule has 0 saturated heterocycles. The Kier molecular flexibility index (Phi) is 6.11. The Morgan fingerprint density at radius 1 is 1.33 bits per heavy atom. The van der Waals surface area contributed by atoms with Gasteiger partial charge in [0.1, 0.15) is 6.61 Å². The maximum Gasteiger partial charge on any atom is 0.339 e. The molecule has 0 saturated carbocycles. The van der Waals surface area contributed by atoms with Crippen molar-refractivity contribution < 1.29 is 33.8 Å². The van der Waals surface area contributed by atoms with Crippen LogP contribution in [0.3, 0.4) is 0 Å². The fraction of sp³-hybridized carbons (Fsp3) is 0.667. The summed E-state index contributed by atoms with van der Waals surface area (Å²) in [5.74, 6) is -1.85. The number of aliphatic carboxylic acids is 1. The van der Waals surface area contributed by atoms with Gasteiger partial charge in [-0.3, -0.25) is 19.5 Å². The molecular formula is C6H12NO7P. The van der Waals surface area contributed by atoms with Crippen molar-refractivity contribution in [1.29, 1.82) is 0 Å². The number of carbonyl (C=O) groups is 2. The van der Waals surface area contributed by atoms with Gasteiger partial charge in [-0.25, -0.2) is 0 Å². The third kappa shape index (κ3) is 11.0. The van der Waals surface area contributed by atoms with Gasteiger partial charge in [-0.1, -0.05) is 0 Å². The van der Waals surface area contributed by atoms with Gasteiger partial charge in [-0.05, 0) is 0 Å². The Bertz CT molecular complexity index is 273. The van der Waals surface area contributed by atoms with E-state index in [2.05, 4.69) is 10.1 Å². The van der Waals surface area contributed by atoms with Gasteiger partial charge >= 0.3 is 19.5 Å². The highest BCUT2D eigenvalue weighted by Gasteiger charge is 2.13. The fourth-order valence-electron chi connectivity index (χ4n) is 0.607. The minimum absolute atomic E-state index is 0.258. The molecule has 0 radical (unpaired) electrons. The van der Waals surface area contributed by atoms with E-state index >= 15 is 0 Å². The zero-order valence-corrected chi connectivity index (χ0v) is 8.64. The minimum atomic E-state index is -4.18. The zero-order chi connectivity index (χ0) is 11.9. The number of carboxylic acid groups (broad SMARTS) is 1. The lowest BCUT2D eigenvalue weighted by Crippen LogP contribution is -2.26. The molecule has 0 aromatic carbocycles. The van der Waals surface area contributed by atoms with E-state index in [1.165, 1.54) is 0 Å². The topological polar surface area (TPSA) is 133 Å². The molecule has 0 bridgehead atoms. The Hall–Kier alpha value is -0.950. The standard InChI is InChI=1S/C6H12NO7P/c8-5(9)1-2-14-6(10)3-7-4-15(11,12)13/h7H,1-4H2,(H,8,9)(H2,11,12,13). The van der Waals surface area contributed by atoms with Crippen LogP contribution in [0.15, 0.2) is 0 Å². The van der Waals surface area contributed by atoms with Crippen LogP contribution < -0.4 is 5.32 Å². The first kappa shape index (κ1) is 14.1. The van der Waals surface area contributed by atoms with Gasteiger partial charge in [-0.15, -0.1) is 0 Å². The van der Waals surface area contributed by atoms with E-state index in [0.717, 1.165) is 0 Å². The molecule has 4 N–H and O–H groups in total. The van der Waals surface area contributed by atoms with Crippen LogP contribution >= 0.6 is 7.60 Å². The lowest BCUT2D eigenvalue weighted by Gasteiger charge is -2.06. The molecule has 0 fully saturated rings. The number of rotatable bonds is 7. The summed E-state index contributed by atoms with van der Waals surface area (Å²) in [5.41, 5.74) is 0. The van der Waals surface area contributed by atoms with Crippen LogP contribution in [-0.2, 0) is 18.9 Å². The molecule has 0 rings (SSSR count). The lowest BCUT2D eigenvalue weighted by molar-refractivity contribution is -0.145. The highest BCUT2D eigenvalue weighted by atomic mass is 31.2. The number of hydrogen-bond donors (Lipinski definition) is 4. The Morgan fingerprint density at radius 2 is 1.93 bits per heavy atom. The van der Waals surface area contributed by atoms with Gasteiger partial charge in [0.2, 0.25) is 0 Å². The summed E-state index contributed by atoms with van der Waals surface area (Å²) < 4.78 is 14.8. The van der Waals surface area contributed by atoms with Crippen molar-refractivity contribution in [2.75, 3.05) is 19.4 Å². The average molecular weight is 241 g/mol. The molecule has 15 heavy (non-hydrogen) atoms. The molecule has 0 heterocycles. The zero-order valence-electron chi connectivity index (χ0n) is 7.75. The van der Waals surface area contributed by atoms with Crippen molar-refractivity contribution in [2.45, 2.75) is 6.42 Å². The van der Waals surface area contributed by atoms with E-state index < -0.39 is 25.8 Å². The fourth-order valence-corrected chi connectivity index (χ4v) is 1.01. The van der Waals surface area contributed by atoms with Crippen molar-refractivity contribution in [3.8, 4) is 0 Å². The summed E-state index contributed by atoms with van der Waals surface area (Å²) in [6.45, 7) is -0.628. The Labute approximate surface area is 85.4 Å². The van der Waals surface area contributed by atoms with Crippen LogP contribution in [0.4, 0.5) is 0 Å². The summed E-state index contributed by atoms with van der Waals surface area (Å²) in [6.07, 6.45) is -0.925. The predicted molar refractivity (Wildman–Crippen MR) is 48.1 cm³/mol. The van der Waals surface area contributed by atoms with Gasteiger partial charge < -0.3 is 19.6 Å². The first-order chi connectivity index (χ1) is 6.81. The normalized spacial score (nSPS) is 11.1. The van der Waals surface area contributed by atoms with Crippen LogP contribution in [0.25, 0.3) is 0 Å². The highest BCUT2D eigenvalue weighted by molar-refractivity contribution is 7.51. The van der Waals surface area contributed by atoms with Crippen molar-refractivity contribution in [3.05, 3.63) is 0 Å². The second kappa shape index (κ2) is 6.52. The second-order valence-electron chi connectivity index (χ2n) is 2.61. The molecule has 0 unspecified atom stereocenters. The molecule has 9 heteroatoms. The van der Waals surface area contributed by atoms with Gasteiger partial charge in [0.25, 0.3) is 0 Å². The molecule has 0 aromatic heterocycles. The summed E-state index contributed by atoms with van der Waals surface area (Å²) in [7, 11) is -4.18. The number of esters is 1. The van der Waals surface area contributed by atoms with Crippen LogP contribution in [0, 0.1) is 0 Å². The van der Waals surface area contributed by atoms with Gasteiger partial charge in [0.05, 0.1) is 19.3 Å². The summed E-state index contributed by atoms with van der Waals surface area (Å²) in [6, 6.07) is 0. The molecule has 0 spiro atoms. The maximum atomic E-state index is 10.8. The van der Waals surface area contributed by atoms with E-state index in [9.17, 15) is 14.2 Å². The van der Waals surface area contributed by atoms with E-state index in [1.54, 1.807) is 0 Å². The molecular weight excluding hydrogens is 229 g/mol. The highest BCUT2D eigenvalue weighted by Crippen LogP contribution is 2.31. The first-order valence-electron chi connectivity index (χ1n) is 3.94. The van der Waals surface area contributed by atoms with Crippen LogP contribution in [-0.4, -0.2) is 46.3 Å². The summed E-state index contributed by atoms with van der Waals surface area (Å²) in [4.78, 5) is 37.6. The molecule has 0 aliphatic rings. The molecule has 0 atom stereocenters. The molecule has 0 aliphatic heterocycles. The molecule has 0 amide bonds. The average Bonchev–Trinajstić information content (AvgIpc) is 2.00. The quantitative estimate of drug-likeness (QED) is 0.320. The van der Waals surface area contributed by atoms with Crippen LogP contribution in [0.1, 0.15) is 6.42 Å². The van der Waals surface area contributed by atoms with Crippen LogP contribution in [0.2, 0.25) is 0 Å². The maximum absolute atomic E-state index is 10.8. The van der Waals surface area contributed by atoms with Crippen molar-refractivity contribution in [1.82, 2.24) is 5.32 Å². The lowest BCUT2D eigenvalue weighted by atomic mass is 10.5. The van der Waals surface area contributed by atoms with Crippen molar-refractivity contribution >= 4 is 19.5 Å². The van der Waals surface area contributed by atoms with E-state index in [4.69, 9.17) is 14.9 Å². The number of carbonyl (C=O) groups excluding carboxylic acids is 1. The third-order valence-electron chi connectivity index (χ3n) is 1.17. The first-order valence-corrected chi connectivity index (χ1v) is 5.74. The number of ether oxygens (including phenoxy) is 1. The van der Waals surface area contributed by atoms with Gasteiger partial charge in [-0.2, -0.15) is 0 Å². The second-order valence-corrected chi connectivity index (χ2v) is 4.26. The largest absolute Gasteiger partial charge is 0.481 e. The summed E-state index contributed by atoms with van der Waals surface area (Å²) in [5, 5.41) is 10.4. The monoisotopic (exact) mass is 241 g/mol. The third-order valence-corrected chi connectivity index (χ3v) is 1.80. The number of hydrogen-bond acceptors (Lipinski definition) is 5. The molecule has 8 nitrogen and oxygen atoms in total. The number of carboxylic acids is 1. The Balaban J connectivity index is 3.50. The minimum Gasteiger partial charge on any atom is -0.481 e. The molecule has 0 aromatic rings.